The Morgan fingerprint density at radius 2 is 1.62 bits per heavy atom. The van der Waals surface area contributed by atoms with E-state index in [-0.39, 0.29) is 12.2 Å². The van der Waals surface area contributed by atoms with Crippen LogP contribution in [0.2, 0.25) is 15.1 Å². The van der Waals surface area contributed by atoms with E-state index < -0.39 is 5.91 Å². The minimum Gasteiger partial charge on any atom is -0.326 e. The lowest BCUT2D eigenvalue weighted by molar-refractivity contribution is 0.0950. The first-order valence-corrected chi connectivity index (χ1v) is 10.7. The molecule has 0 fully saturated rings. The molecule has 1 amide bonds. The van der Waals surface area contributed by atoms with Gasteiger partial charge in [0.25, 0.3) is 5.91 Å². The van der Waals surface area contributed by atoms with Crippen molar-refractivity contribution in [3.8, 4) is 28.3 Å². The van der Waals surface area contributed by atoms with Crippen molar-refractivity contribution in [1.82, 2.24) is 15.0 Å². The summed E-state index contributed by atoms with van der Waals surface area (Å²) in [5, 5.41) is 1.58. The number of halogens is 3. The second-order valence-electron chi connectivity index (χ2n) is 6.90. The van der Waals surface area contributed by atoms with Gasteiger partial charge in [0.15, 0.2) is 5.69 Å². The van der Waals surface area contributed by atoms with E-state index in [0.29, 0.717) is 37.7 Å². The maximum Gasteiger partial charge on any atom is 0.286 e. The Bertz CT molecular complexity index is 1300. The van der Waals surface area contributed by atoms with Crippen molar-refractivity contribution in [1.29, 1.82) is 0 Å². The average Bonchev–Trinajstić information content (AvgIpc) is 3.19. The molecule has 0 aliphatic carbocycles. The van der Waals surface area contributed by atoms with E-state index in [4.69, 9.17) is 46.4 Å². The number of amides is 1. The second-order valence-corrected chi connectivity index (χ2v) is 8.18. The molecule has 1 heterocycles. The lowest BCUT2D eigenvalue weighted by Crippen LogP contribution is -2.30. The van der Waals surface area contributed by atoms with Crippen LogP contribution in [0.5, 0.6) is 0 Å². The SMILES string of the molecule is NCc1cc(Cl)ccc1-c1c(C(=O)NN)nc(-c2ccccc2Cl)n1-c1ccc(Cl)cc1. The van der Waals surface area contributed by atoms with Crippen molar-refractivity contribution in [2.45, 2.75) is 6.54 Å². The van der Waals surface area contributed by atoms with Crippen molar-refractivity contribution >= 4 is 40.7 Å². The molecule has 6 nitrogen and oxygen atoms in total. The number of rotatable bonds is 5. The molecule has 0 spiro atoms. The molecule has 0 saturated carbocycles. The molecule has 3 aromatic carbocycles. The van der Waals surface area contributed by atoms with Gasteiger partial charge in [-0.3, -0.25) is 14.8 Å². The molecule has 5 N–H and O–H groups in total. The van der Waals surface area contributed by atoms with Gasteiger partial charge in [0.05, 0.1) is 10.7 Å². The molecule has 32 heavy (non-hydrogen) atoms. The Hall–Kier alpha value is -2.87. The van der Waals surface area contributed by atoms with Gasteiger partial charge in [-0.25, -0.2) is 10.8 Å². The van der Waals surface area contributed by atoms with Crippen LogP contribution in [-0.4, -0.2) is 15.5 Å². The fourth-order valence-corrected chi connectivity index (χ4v) is 4.06. The summed E-state index contributed by atoms with van der Waals surface area (Å²) in [6.07, 6.45) is 0. The molecule has 9 heteroatoms. The van der Waals surface area contributed by atoms with Crippen LogP contribution < -0.4 is 17.0 Å². The molecule has 0 radical (unpaired) electrons. The van der Waals surface area contributed by atoms with Crippen LogP contribution in [0.15, 0.2) is 66.7 Å². The predicted molar refractivity (Wildman–Crippen MR) is 129 cm³/mol. The van der Waals surface area contributed by atoms with E-state index in [1.54, 1.807) is 36.4 Å². The molecule has 0 aliphatic heterocycles. The van der Waals surface area contributed by atoms with Gasteiger partial charge in [-0.2, -0.15) is 0 Å². The summed E-state index contributed by atoms with van der Waals surface area (Å²) in [6.45, 7) is 0.201. The van der Waals surface area contributed by atoms with Gasteiger partial charge in [0, 0.05) is 33.4 Å². The number of nitrogen functional groups attached to an aromatic ring is 1. The van der Waals surface area contributed by atoms with Crippen LogP contribution in [0.25, 0.3) is 28.3 Å². The smallest absolute Gasteiger partial charge is 0.286 e. The fraction of sp³-hybridized carbons (Fsp3) is 0.0435. The van der Waals surface area contributed by atoms with E-state index in [2.05, 4.69) is 10.4 Å². The quantitative estimate of drug-likeness (QED) is 0.204. The number of carbonyl (C=O) groups excluding carboxylic acids is 1. The topological polar surface area (TPSA) is 99.0 Å². The first kappa shape index (κ1) is 22.3. The van der Waals surface area contributed by atoms with Crippen LogP contribution >= 0.6 is 34.8 Å². The molecule has 0 atom stereocenters. The van der Waals surface area contributed by atoms with Gasteiger partial charge in [0.2, 0.25) is 0 Å². The normalized spacial score (nSPS) is 10.9. The Kier molecular flexibility index (Phi) is 6.50. The number of hydrazine groups is 1. The molecule has 162 valence electrons. The molecule has 0 saturated heterocycles. The first-order valence-electron chi connectivity index (χ1n) is 9.58. The summed E-state index contributed by atoms with van der Waals surface area (Å²) in [5.41, 5.74) is 11.6. The minimum atomic E-state index is -0.557. The Morgan fingerprint density at radius 3 is 2.28 bits per heavy atom. The van der Waals surface area contributed by atoms with Gasteiger partial charge in [-0.05, 0) is 54.1 Å². The third kappa shape index (κ3) is 4.11. The maximum atomic E-state index is 12.8. The summed E-state index contributed by atoms with van der Waals surface area (Å²) < 4.78 is 1.84. The number of imidazole rings is 1. The summed E-state index contributed by atoms with van der Waals surface area (Å²) in [4.78, 5) is 17.5. The van der Waals surface area contributed by atoms with Gasteiger partial charge >= 0.3 is 0 Å². The van der Waals surface area contributed by atoms with E-state index in [9.17, 15) is 4.79 Å². The summed E-state index contributed by atoms with van der Waals surface area (Å²) in [5.74, 6) is 5.40. The number of hydrogen-bond donors (Lipinski definition) is 3. The standard InChI is InChI=1S/C23H18Cl3N5O/c24-14-5-8-16(9-6-14)31-21(17-10-7-15(25)11-13(17)12-27)20(23(32)30-28)29-22(31)18-3-1-2-4-19(18)26/h1-11H,12,27-28H2,(H,30,32). The second kappa shape index (κ2) is 9.32. The minimum absolute atomic E-state index is 0.120. The van der Waals surface area contributed by atoms with E-state index in [1.807, 2.05) is 34.9 Å². The molecular weight excluding hydrogens is 469 g/mol. The first-order chi connectivity index (χ1) is 15.4. The van der Waals surface area contributed by atoms with Crippen molar-refractivity contribution in [3.05, 3.63) is 93.1 Å². The van der Waals surface area contributed by atoms with Crippen LogP contribution in [0, 0.1) is 0 Å². The molecule has 0 unspecified atom stereocenters. The number of nitrogens with one attached hydrogen (secondary N) is 1. The zero-order valence-corrected chi connectivity index (χ0v) is 18.9. The van der Waals surface area contributed by atoms with Gasteiger partial charge in [-0.1, -0.05) is 53.0 Å². The highest BCUT2D eigenvalue weighted by atomic mass is 35.5. The Morgan fingerprint density at radius 1 is 0.938 bits per heavy atom. The van der Waals surface area contributed by atoms with Crippen LogP contribution in [0.3, 0.4) is 0 Å². The maximum absolute atomic E-state index is 12.8. The van der Waals surface area contributed by atoms with Crippen molar-refractivity contribution in [3.63, 3.8) is 0 Å². The number of benzene rings is 3. The van der Waals surface area contributed by atoms with Gasteiger partial charge < -0.3 is 5.73 Å². The monoisotopic (exact) mass is 485 g/mol. The Balaban J connectivity index is 2.15. The highest BCUT2D eigenvalue weighted by molar-refractivity contribution is 6.33. The summed E-state index contributed by atoms with van der Waals surface area (Å²) in [7, 11) is 0. The van der Waals surface area contributed by atoms with Crippen molar-refractivity contribution in [2.24, 2.45) is 11.6 Å². The zero-order valence-electron chi connectivity index (χ0n) is 16.6. The van der Waals surface area contributed by atoms with Gasteiger partial charge in [0.1, 0.15) is 5.82 Å². The number of aromatic nitrogens is 2. The molecule has 1 aromatic heterocycles. The van der Waals surface area contributed by atoms with E-state index in [0.717, 1.165) is 11.3 Å². The third-order valence-electron chi connectivity index (χ3n) is 4.97. The highest BCUT2D eigenvalue weighted by Crippen LogP contribution is 2.38. The molecule has 0 aliphatic rings. The lowest BCUT2D eigenvalue weighted by atomic mass is 10.0. The largest absolute Gasteiger partial charge is 0.326 e. The summed E-state index contributed by atoms with van der Waals surface area (Å²) in [6, 6.07) is 19.7. The average molecular weight is 487 g/mol. The van der Waals surface area contributed by atoms with Gasteiger partial charge in [-0.15, -0.1) is 0 Å². The lowest BCUT2D eigenvalue weighted by Gasteiger charge is -2.16. The number of hydrogen-bond acceptors (Lipinski definition) is 4. The van der Waals surface area contributed by atoms with Crippen molar-refractivity contribution in [2.75, 3.05) is 0 Å². The predicted octanol–water partition coefficient (Wildman–Crippen LogP) is 5.23. The third-order valence-corrected chi connectivity index (χ3v) is 5.78. The van der Waals surface area contributed by atoms with Crippen LogP contribution in [0.4, 0.5) is 0 Å². The van der Waals surface area contributed by atoms with E-state index in [1.165, 1.54) is 0 Å². The number of carbonyl (C=O) groups is 1. The summed E-state index contributed by atoms with van der Waals surface area (Å²) >= 11 is 18.8. The number of nitrogens with zero attached hydrogens (tertiary/aromatic N) is 2. The highest BCUT2D eigenvalue weighted by Gasteiger charge is 2.27. The Labute approximate surface area is 199 Å². The molecular formula is C23H18Cl3N5O. The molecule has 0 bridgehead atoms. The molecule has 4 rings (SSSR count). The van der Waals surface area contributed by atoms with Crippen LogP contribution in [-0.2, 0) is 6.54 Å². The zero-order chi connectivity index (χ0) is 22.8. The number of nitrogens with two attached hydrogens (primary N) is 2. The van der Waals surface area contributed by atoms with E-state index >= 15 is 0 Å². The van der Waals surface area contributed by atoms with Crippen molar-refractivity contribution < 1.29 is 4.79 Å². The van der Waals surface area contributed by atoms with Crippen LogP contribution in [0.1, 0.15) is 16.1 Å². The molecule has 4 aromatic rings. The fourth-order valence-electron chi connectivity index (χ4n) is 3.52.